The molecule has 3 aromatic rings. The number of ether oxygens (including phenoxy) is 3. The van der Waals surface area contributed by atoms with E-state index in [2.05, 4.69) is 14.9 Å². The Labute approximate surface area is 192 Å². The van der Waals surface area contributed by atoms with Crippen LogP contribution < -0.4 is 19.1 Å². The molecule has 1 aliphatic rings. The van der Waals surface area contributed by atoms with E-state index in [-0.39, 0.29) is 25.6 Å². The van der Waals surface area contributed by atoms with E-state index in [0.717, 1.165) is 17.2 Å². The summed E-state index contributed by atoms with van der Waals surface area (Å²) in [5.41, 5.74) is 2.29. The summed E-state index contributed by atoms with van der Waals surface area (Å²) in [6.07, 6.45) is 0.0373. The van der Waals surface area contributed by atoms with Crippen LogP contribution in [0.15, 0.2) is 36.4 Å². The zero-order valence-corrected chi connectivity index (χ0v) is 18.3. The molecule has 1 saturated heterocycles. The molecule has 4 rings (SSSR count). The second kappa shape index (κ2) is 10.3. The molecule has 33 heavy (non-hydrogen) atoms. The second-order valence-corrected chi connectivity index (χ2v) is 7.43. The molecule has 2 aromatic carbocycles. The first-order valence-corrected chi connectivity index (χ1v) is 10.3. The summed E-state index contributed by atoms with van der Waals surface area (Å²) in [5.74, 6) is 1.24. The van der Waals surface area contributed by atoms with E-state index in [1.54, 1.807) is 25.2 Å². The van der Waals surface area contributed by atoms with Gasteiger partial charge in [0.15, 0.2) is 0 Å². The van der Waals surface area contributed by atoms with E-state index < -0.39 is 5.82 Å². The number of benzene rings is 2. The summed E-state index contributed by atoms with van der Waals surface area (Å²) >= 11 is 0. The van der Waals surface area contributed by atoms with Gasteiger partial charge in [-0.3, -0.25) is 4.79 Å². The van der Waals surface area contributed by atoms with Crippen molar-refractivity contribution in [3.05, 3.63) is 47.9 Å². The van der Waals surface area contributed by atoms with Crippen molar-refractivity contribution in [2.24, 2.45) is 0 Å². The molecule has 0 bridgehead atoms. The summed E-state index contributed by atoms with van der Waals surface area (Å²) in [6, 6.07) is 9.89. The van der Waals surface area contributed by atoms with Crippen LogP contribution in [0.4, 0.5) is 10.1 Å². The number of carbonyl (C=O) groups is 1. The largest absolute Gasteiger partial charge is 0.497 e. The van der Waals surface area contributed by atoms with Crippen molar-refractivity contribution in [1.29, 1.82) is 0 Å². The standard InChI is InChI=1S/C23H25FN4O4.CH4/c1-30-17-11-16(12-18(13-17)31-2)27-6-8-28(9-7-27)22(29)14-21-23(32-3)26-19-5-4-15(24)10-20(19)25-21;/h4-5,10-13H,6-9,14H2,1-3H3;1H4. The first kappa shape index (κ1) is 24.0. The number of anilines is 1. The fourth-order valence-corrected chi connectivity index (χ4v) is 3.77. The van der Waals surface area contributed by atoms with Gasteiger partial charge in [-0.2, -0.15) is 0 Å². The Hall–Kier alpha value is -3.62. The average molecular weight is 457 g/mol. The SMILES string of the molecule is C.COc1cc(OC)cc(N2CCN(C(=O)Cc3nc4cc(F)ccc4nc3OC)CC2)c1. The molecule has 8 nitrogen and oxygen atoms in total. The molecule has 0 radical (unpaired) electrons. The Morgan fingerprint density at radius 2 is 1.58 bits per heavy atom. The third-order valence-electron chi connectivity index (χ3n) is 5.51. The molecule has 1 fully saturated rings. The van der Waals surface area contributed by atoms with E-state index in [1.165, 1.54) is 19.2 Å². The topological polar surface area (TPSA) is 77.0 Å². The predicted octanol–water partition coefficient (Wildman–Crippen LogP) is 3.32. The Morgan fingerprint density at radius 1 is 0.909 bits per heavy atom. The van der Waals surface area contributed by atoms with E-state index in [9.17, 15) is 9.18 Å². The van der Waals surface area contributed by atoms with Gasteiger partial charge in [-0.15, -0.1) is 0 Å². The molecule has 1 aliphatic heterocycles. The Kier molecular flexibility index (Phi) is 7.52. The molecule has 0 aliphatic carbocycles. The highest BCUT2D eigenvalue weighted by Gasteiger charge is 2.24. The minimum atomic E-state index is -0.403. The highest BCUT2D eigenvalue weighted by molar-refractivity contribution is 5.81. The van der Waals surface area contributed by atoms with Gasteiger partial charge < -0.3 is 24.0 Å². The maximum Gasteiger partial charge on any atom is 0.236 e. The lowest BCUT2D eigenvalue weighted by atomic mass is 10.2. The minimum Gasteiger partial charge on any atom is -0.497 e. The molecule has 1 amide bonds. The molecule has 1 aromatic heterocycles. The fraction of sp³-hybridized carbons (Fsp3) is 0.375. The van der Waals surface area contributed by atoms with Gasteiger partial charge in [0.25, 0.3) is 0 Å². The highest BCUT2D eigenvalue weighted by atomic mass is 19.1. The number of methoxy groups -OCH3 is 3. The van der Waals surface area contributed by atoms with E-state index >= 15 is 0 Å². The van der Waals surface area contributed by atoms with E-state index in [0.29, 0.717) is 42.9 Å². The van der Waals surface area contributed by atoms with E-state index in [4.69, 9.17) is 14.2 Å². The Morgan fingerprint density at radius 3 is 2.18 bits per heavy atom. The second-order valence-electron chi connectivity index (χ2n) is 7.43. The van der Waals surface area contributed by atoms with Gasteiger partial charge in [-0.05, 0) is 12.1 Å². The van der Waals surface area contributed by atoms with Crippen LogP contribution in [0.1, 0.15) is 13.1 Å². The summed E-state index contributed by atoms with van der Waals surface area (Å²) in [7, 11) is 4.72. The highest BCUT2D eigenvalue weighted by Crippen LogP contribution is 2.29. The lowest BCUT2D eigenvalue weighted by Gasteiger charge is -2.36. The lowest BCUT2D eigenvalue weighted by molar-refractivity contribution is -0.130. The molecular formula is C24H29FN4O4. The molecule has 2 heterocycles. The van der Waals surface area contributed by atoms with Crippen molar-refractivity contribution in [1.82, 2.24) is 14.9 Å². The number of rotatable bonds is 6. The van der Waals surface area contributed by atoms with Gasteiger partial charge in [-0.25, -0.2) is 14.4 Å². The van der Waals surface area contributed by atoms with Crippen LogP contribution in [0, 0.1) is 5.82 Å². The molecule has 176 valence electrons. The lowest BCUT2D eigenvalue weighted by Crippen LogP contribution is -2.49. The van der Waals surface area contributed by atoms with Crippen LogP contribution in [0.5, 0.6) is 17.4 Å². The Balaban J connectivity index is 0.00000306. The van der Waals surface area contributed by atoms with Crippen molar-refractivity contribution in [2.45, 2.75) is 13.8 Å². The van der Waals surface area contributed by atoms with Gasteiger partial charge >= 0.3 is 0 Å². The number of hydrogen-bond donors (Lipinski definition) is 0. The van der Waals surface area contributed by atoms with Gasteiger partial charge in [0.05, 0.1) is 38.8 Å². The minimum absolute atomic E-state index is 0. The van der Waals surface area contributed by atoms with Crippen LogP contribution >= 0.6 is 0 Å². The molecular weight excluding hydrogens is 427 g/mol. The van der Waals surface area contributed by atoms with Crippen molar-refractivity contribution >= 4 is 22.6 Å². The molecule has 0 saturated carbocycles. The van der Waals surface area contributed by atoms with E-state index in [1.807, 2.05) is 18.2 Å². The summed E-state index contributed by atoms with van der Waals surface area (Å²) in [5, 5.41) is 0. The quantitative estimate of drug-likeness (QED) is 0.563. The smallest absolute Gasteiger partial charge is 0.236 e. The van der Waals surface area contributed by atoms with Crippen LogP contribution in [-0.2, 0) is 11.2 Å². The van der Waals surface area contributed by atoms with Crippen molar-refractivity contribution in [3.63, 3.8) is 0 Å². The number of amides is 1. The monoisotopic (exact) mass is 456 g/mol. The first-order valence-electron chi connectivity index (χ1n) is 10.3. The number of fused-ring (bicyclic) bond motifs is 1. The van der Waals surface area contributed by atoms with Crippen LogP contribution in [0.2, 0.25) is 0 Å². The fourth-order valence-electron chi connectivity index (χ4n) is 3.77. The molecule has 9 heteroatoms. The normalized spacial score (nSPS) is 13.5. The number of aromatic nitrogens is 2. The molecule has 0 spiro atoms. The number of piperazine rings is 1. The van der Waals surface area contributed by atoms with Crippen LogP contribution in [0.25, 0.3) is 11.0 Å². The number of nitrogens with zero attached hydrogens (tertiary/aromatic N) is 4. The zero-order chi connectivity index (χ0) is 22.7. The summed E-state index contributed by atoms with van der Waals surface area (Å²) in [4.78, 5) is 25.7. The van der Waals surface area contributed by atoms with Crippen molar-refractivity contribution in [2.75, 3.05) is 52.4 Å². The molecule has 0 N–H and O–H groups in total. The molecule has 0 unspecified atom stereocenters. The maximum atomic E-state index is 13.6. The van der Waals surface area contributed by atoms with Gasteiger partial charge in [0.1, 0.15) is 23.0 Å². The third-order valence-corrected chi connectivity index (χ3v) is 5.51. The third kappa shape index (κ3) is 5.24. The summed E-state index contributed by atoms with van der Waals surface area (Å²) in [6.45, 7) is 2.48. The summed E-state index contributed by atoms with van der Waals surface area (Å²) < 4.78 is 29.6. The maximum absolute atomic E-state index is 13.6. The van der Waals surface area contributed by atoms with Gasteiger partial charge in [-0.1, -0.05) is 7.43 Å². The van der Waals surface area contributed by atoms with Crippen LogP contribution in [-0.4, -0.2) is 68.3 Å². The number of halogens is 1. The first-order chi connectivity index (χ1) is 15.5. The Bertz CT molecular complexity index is 1110. The average Bonchev–Trinajstić information content (AvgIpc) is 2.83. The predicted molar refractivity (Wildman–Crippen MR) is 125 cm³/mol. The van der Waals surface area contributed by atoms with Crippen molar-refractivity contribution in [3.8, 4) is 17.4 Å². The molecule has 0 atom stereocenters. The van der Waals surface area contributed by atoms with Gasteiger partial charge in [0, 0.05) is 56.1 Å². The number of hydrogen-bond acceptors (Lipinski definition) is 7. The zero-order valence-electron chi connectivity index (χ0n) is 18.3. The van der Waals surface area contributed by atoms with Gasteiger partial charge in [0.2, 0.25) is 11.8 Å². The number of carbonyl (C=O) groups excluding carboxylic acids is 1. The van der Waals surface area contributed by atoms with Crippen LogP contribution in [0.3, 0.4) is 0 Å². The van der Waals surface area contributed by atoms with Crippen molar-refractivity contribution < 1.29 is 23.4 Å².